The van der Waals surface area contributed by atoms with E-state index in [4.69, 9.17) is 4.74 Å². The van der Waals surface area contributed by atoms with Gasteiger partial charge in [0.15, 0.2) is 17.3 Å². The van der Waals surface area contributed by atoms with Gasteiger partial charge in [-0.3, -0.25) is 4.79 Å². The highest BCUT2D eigenvalue weighted by molar-refractivity contribution is 6.06. The first-order valence-electron chi connectivity index (χ1n) is 6.26. The van der Waals surface area contributed by atoms with Crippen molar-refractivity contribution in [2.45, 2.75) is 6.92 Å². The highest BCUT2D eigenvalue weighted by Gasteiger charge is 2.03. The lowest BCUT2D eigenvalue weighted by molar-refractivity contribution is 0.104. The van der Waals surface area contributed by atoms with Crippen LogP contribution in [-0.4, -0.2) is 18.0 Å². The molecule has 0 aliphatic carbocycles. The van der Waals surface area contributed by atoms with E-state index >= 15 is 0 Å². The topological polar surface area (TPSA) is 46.5 Å². The minimum Gasteiger partial charge on any atom is -0.504 e. The van der Waals surface area contributed by atoms with Crippen molar-refractivity contribution in [3.05, 3.63) is 65.2 Å². The largest absolute Gasteiger partial charge is 0.504 e. The Balaban J connectivity index is 2.16. The van der Waals surface area contributed by atoms with Crippen LogP contribution in [0.2, 0.25) is 0 Å². The summed E-state index contributed by atoms with van der Waals surface area (Å²) in [6.45, 7) is 1.98. The number of hydrogen-bond acceptors (Lipinski definition) is 3. The van der Waals surface area contributed by atoms with E-state index in [1.54, 1.807) is 30.3 Å². The molecule has 0 fully saturated rings. The van der Waals surface area contributed by atoms with Crippen LogP contribution in [0.5, 0.6) is 11.5 Å². The molecule has 0 amide bonds. The summed E-state index contributed by atoms with van der Waals surface area (Å²) in [5.74, 6) is 0.404. The third kappa shape index (κ3) is 3.26. The van der Waals surface area contributed by atoms with Crippen LogP contribution in [0.15, 0.2) is 48.5 Å². The van der Waals surface area contributed by atoms with Gasteiger partial charge in [0.2, 0.25) is 0 Å². The first-order valence-corrected chi connectivity index (χ1v) is 6.26. The third-order valence-electron chi connectivity index (χ3n) is 2.97. The molecule has 0 saturated carbocycles. The van der Waals surface area contributed by atoms with E-state index in [1.165, 1.54) is 19.3 Å². The number of methoxy groups -OCH3 is 1. The molecule has 2 aromatic rings. The number of carbonyl (C=O) groups excluding carboxylic acids is 1. The van der Waals surface area contributed by atoms with Gasteiger partial charge in [0, 0.05) is 5.56 Å². The Labute approximate surface area is 118 Å². The summed E-state index contributed by atoms with van der Waals surface area (Å²) >= 11 is 0. The minimum atomic E-state index is -0.0583. The molecule has 0 saturated heterocycles. The van der Waals surface area contributed by atoms with E-state index in [-0.39, 0.29) is 11.5 Å². The maximum atomic E-state index is 12.0. The van der Waals surface area contributed by atoms with Crippen molar-refractivity contribution >= 4 is 11.9 Å². The van der Waals surface area contributed by atoms with Gasteiger partial charge in [-0.15, -0.1) is 0 Å². The molecule has 0 unspecified atom stereocenters. The predicted octanol–water partition coefficient (Wildman–Crippen LogP) is 3.61. The summed E-state index contributed by atoms with van der Waals surface area (Å²) in [7, 11) is 1.49. The van der Waals surface area contributed by atoms with Crippen LogP contribution in [0.25, 0.3) is 6.08 Å². The van der Waals surface area contributed by atoms with Gasteiger partial charge >= 0.3 is 0 Å². The summed E-state index contributed by atoms with van der Waals surface area (Å²) in [5.41, 5.74) is 2.56. The summed E-state index contributed by atoms with van der Waals surface area (Å²) in [6, 6.07) is 12.4. The van der Waals surface area contributed by atoms with Crippen molar-refractivity contribution in [3.63, 3.8) is 0 Å². The number of allylic oxidation sites excluding steroid dienone is 1. The zero-order valence-corrected chi connectivity index (χ0v) is 11.5. The molecule has 20 heavy (non-hydrogen) atoms. The number of phenolic OH excluding ortho intramolecular Hbond substituents is 1. The Morgan fingerprint density at radius 2 is 1.85 bits per heavy atom. The summed E-state index contributed by atoms with van der Waals surface area (Å²) in [4.78, 5) is 12.0. The molecule has 2 aromatic carbocycles. The highest BCUT2D eigenvalue weighted by Crippen LogP contribution is 2.26. The lowest BCUT2D eigenvalue weighted by Crippen LogP contribution is -1.93. The van der Waals surface area contributed by atoms with Gasteiger partial charge < -0.3 is 9.84 Å². The summed E-state index contributed by atoms with van der Waals surface area (Å²) in [5, 5.41) is 9.50. The number of rotatable bonds is 4. The third-order valence-corrected chi connectivity index (χ3v) is 2.97. The molecule has 0 aliphatic heterocycles. The number of benzene rings is 2. The maximum absolute atomic E-state index is 12.0. The normalized spacial score (nSPS) is 10.7. The van der Waals surface area contributed by atoms with E-state index in [0.29, 0.717) is 11.3 Å². The van der Waals surface area contributed by atoms with E-state index in [0.717, 1.165) is 11.1 Å². The minimum absolute atomic E-state index is 0.0583. The fraction of sp³-hybridized carbons (Fsp3) is 0.118. The fourth-order valence-corrected chi connectivity index (χ4v) is 1.78. The molecule has 0 aliphatic rings. The van der Waals surface area contributed by atoms with Crippen LogP contribution in [0.3, 0.4) is 0 Å². The van der Waals surface area contributed by atoms with Crippen LogP contribution in [-0.2, 0) is 0 Å². The van der Waals surface area contributed by atoms with Crippen molar-refractivity contribution in [3.8, 4) is 11.5 Å². The number of aromatic hydroxyl groups is 1. The molecule has 1 N–H and O–H groups in total. The van der Waals surface area contributed by atoms with Gasteiger partial charge in [-0.25, -0.2) is 0 Å². The number of aryl methyl sites for hydroxylation is 1. The molecule has 0 atom stereocenters. The highest BCUT2D eigenvalue weighted by atomic mass is 16.5. The molecular formula is C17H16O3. The standard InChI is InChI=1S/C17H16O3/c1-12-3-7-14(8-4-12)15(18)9-5-13-6-10-16(19)17(11-13)20-2/h3-11,19H,1-2H3/b9-5+. The Kier molecular flexibility index (Phi) is 4.20. The van der Waals surface area contributed by atoms with E-state index in [9.17, 15) is 9.90 Å². The molecule has 2 rings (SSSR count). The number of ether oxygens (including phenoxy) is 1. The molecule has 102 valence electrons. The second-order valence-corrected chi connectivity index (χ2v) is 4.49. The van der Waals surface area contributed by atoms with E-state index in [1.807, 2.05) is 19.1 Å². The van der Waals surface area contributed by atoms with Crippen LogP contribution in [0.1, 0.15) is 21.5 Å². The Bertz CT molecular complexity index is 640. The average Bonchev–Trinajstić information content (AvgIpc) is 2.46. The fourth-order valence-electron chi connectivity index (χ4n) is 1.78. The molecule has 0 heterocycles. The molecule has 0 radical (unpaired) electrons. The van der Waals surface area contributed by atoms with Gasteiger partial charge in [0.05, 0.1) is 7.11 Å². The van der Waals surface area contributed by atoms with Gasteiger partial charge in [-0.2, -0.15) is 0 Å². The van der Waals surface area contributed by atoms with Gasteiger partial charge in [0.25, 0.3) is 0 Å². The van der Waals surface area contributed by atoms with Gasteiger partial charge in [-0.05, 0) is 30.7 Å². The summed E-state index contributed by atoms with van der Waals surface area (Å²) < 4.78 is 5.02. The number of ketones is 1. The van der Waals surface area contributed by atoms with Crippen molar-refractivity contribution in [2.24, 2.45) is 0 Å². The van der Waals surface area contributed by atoms with E-state index in [2.05, 4.69) is 0 Å². The second-order valence-electron chi connectivity index (χ2n) is 4.49. The van der Waals surface area contributed by atoms with Gasteiger partial charge in [0.1, 0.15) is 0 Å². The molecule has 3 heteroatoms. The number of phenols is 1. The zero-order valence-electron chi connectivity index (χ0n) is 11.5. The maximum Gasteiger partial charge on any atom is 0.185 e. The SMILES string of the molecule is COc1cc(/C=C/C(=O)c2ccc(C)cc2)ccc1O. The van der Waals surface area contributed by atoms with Gasteiger partial charge in [-0.1, -0.05) is 42.0 Å². The van der Waals surface area contributed by atoms with Crippen LogP contribution >= 0.6 is 0 Å². The second kappa shape index (κ2) is 6.06. The quantitative estimate of drug-likeness (QED) is 0.680. The average molecular weight is 268 g/mol. The van der Waals surface area contributed by atoms with Crippen molar-refractivity contribution in [1.29, 1.82) is 0 Å². The zero-order chi connectivity index (χ0) is 14.5. The molecule has 3 nitrogen and oxygen atoms in total. The predicted molar refractivity (Wildman–Crippen MR) is 79.2 cm³/mol. The smallest absolute Gasteiger partial charge is 0.185 e. The summed E-state index contributed by atoms with van der Waals surface area (Å²) in [6.07, 6.45) is 3.21. The van der Waals surface area contributed by atoms with Crippen molar-refractivity contribution < 1.29 is 14.6 Å². The van der Waals surface area contributed by atoms with E-state index < -0.39 is 0 Å². The Hall–Kier alpha value is -2.55. The van der Waals surface area contributed by atoms with Crippen LogP contribution < -0.4 is 4.74 Å². The van der Waals surface area contributed by atoms with Crippen molar-refractivity contribution in [1.82, 2.24) is 0 Å². The number of hydrogen-bond donors (Lipinski definition) is 1. The molecular weight excluding hydrogens is 252 g/mol. The molecule has 0 bridgehead atoms. The van der Waals surface area contributed by atoms with Crippen LogP contribution in [0.4, 0.5) is 0 Å². The first-order chi connectivity index (χ1) is 9.60. The molecule has 0 spiro atoms. The van der Waals surface area contributed by atoms with Crippen LogP contribution in [0, 0.1) is 6.92 Å². The number of carbonyl (C=O) groups is 1. The lowest BCUT2D eigenvalue weighted by Gasteiger charge is -2.03. The lowest BCUT2D eigenvalue weighted by atomic mass is 10.1. The monoisotopic (exact) mass is 268 g/mol. The first kappa shape index (κ1) is 13.9. The Morgan fingerprint density at radius 3 is 2.50 bits per heavy atom. The van der Waals surface area contributed by atoms with Crippen molar-refractivity contribution in [2.75, 3.05) is 7.11 Å². The molecule has 0 aromatic heterocycles. The Morgan fingerprint density at radius 1 is 1.15 bits per heavy atom.